The van der Waals surface area contributed by atoms with Gasteiger partial charge in [0, 0.05) is 45.2 Å². The van der Waals surface area contributed by atoms with E-state index in [-0.39, 0.29) is 6.42 Å². The molecule has 0 spiro atoms. The molecule has 1 aromatic rings. The zero-order valence-electron chi connectivity index (χ0n) is 9.66. The summed E-state index contributed by atoms with van der Waals surface area (Å²) in [4.78, 5) is 6.09. The van der Waals surface area contributed by atoms with Crippen LogP contribution in [0.25, 0.3) is 0 Å². The van der Waals surface area contributed by atoms with Gasteiger partial charge in [0.05, 0.1) is 12.0 Å². The fourth-order valence-electron chi connectivity index (χ4n) is 2.08. The summed E-state index contributed by atoms with van der Waals surface area (Å²) >= 11 is 0. The van der Waals surface area contributed by atoms with E-state index in [1.807, 2.05) is 11.6 Å². The second-order valence-electron chi connectivity index (χ2n) is 4.64. The largest absolute Gasteiger partial charge is 0.337 e. The lowest BCUT2D eigenvalue weighted by Gasteiger charge is -2.36. The van der Waals surface area contributed by atoms with Crippen LogP contribution < -0.4 is 0 Å². The molecule has 0 radical (unpaired) electrons. The molecule has 16 heavy (non-hydrogen) atoms. The predicted octanol–water partition coefficient (Wildman–Crippen LogP) is 1.90. The SMILES string of the molecule is C[C@@H]1CN(Cc2cncn2C)CCC1(F)F. The first kappa shape index (κ1) is 11.5. The number of rotatable bonds is 2. The van der Waals surface area contributed by atoms with E-state index >= 15 is 0 Å². The second-order valence-corrected chi connectivity index (χ2v) is 4.64. The van der Waals surface area contributed by atoms with Crippen LogP contribution in [-0.4, -0.2) is 33.5 Å². The lowest BCUT2D eigenvalue weighted by Crippen LogP contribution is -2.45. The van der Waals surface area contributed by atoms with Crippen LogP contribution in [0.5, 0.6) is 0 Å². The molecule has 3 nitrogen and oxygen atoms in total. The Kier molecular flexibility index (Phi) is 2.97. The number of piperidine rings is 1. The molecule has 2 heterocycles. The summed E-state index contributed by atoms with van der Waals surface area (Å²) in [7, 11) is 1.92. The number of likely N-dealkylation sites (tertiary alicyclic amines) is 1. The molecule has 90 valence electrons. The summed E-state index contributed by atoms with van der Waals surface area (Å²) in [5.41, 5.74) is 1.07. The zero-order chi connectivity index (χ0) is 11.8. The molecular weight excluding hydrogens is 212 g/mol. The summed E-state index contributed by atoms with van der Waals surface area (Å²) in [6.45, 7) is 3.24. The van der Waals surface area contributed by atoms with Gasteiger partial charge in [-0.3, -0.25) is 4.90 Å². The van der Waals surface area contributed by atoms with E-state index in [1.54, 1.807) is 19.4 Å². The van der Waals surface area contributed by atoms with Crippen molar-refractivity contribution in [1.29, 1.82) is 0 Å². The Labute approximate surface area is 94.1 Å². The molecule has 1 atom stereocenters. The van der Waals surface area contributed by atoms with Crippen molar-refractivity contribution in [3.63, 3.8) is 0 Å². The van der Waals surface area contributed by atoms with Crippen molar-refractivity contribution in [2.75, 3.05) is 13.1 Å². The molecule has 0 bridgehead atoms. The number of aryl methyl sites for hydroxylation is 1. The van der Waals surface area contributed by atoms with Crippen molar-refractivity contribution in [2.45, 2.75) is 25.8 Å². The van der Waals surface area contributed by atoms with Gasteiger partial charge in [0.25, 0.3) is 5.92 Å². The van der Waals surface area contributed by atoms with E-state index < -0.39 is 11.8 Å². The van der Waals surface area contributed by atoms with Gasteiger partial charge in [0.15, 0.2) is 0 Å². The molecule has 1 aromatic heterocycles. The predicted molar refractivity (Wildman–Crippen MR) is 57.2 cm³/mol. The highest BCUT2D eigenvalue weighted by Crippen LogP contribution is 2.33. The summed E-state index contributed by atoms with van der Waals surface area (Å²) < 4.78 is 28.5. The molecule has 0 aliphatic carbocycles. The number of alkyl halides is 2. The van der Waals surface area contributed by atoms with Gasteiger partial charge in [-0.25, -0.2) is 13.8 Å². The molecule has 1 saturated heterocycles. The second kappa shape index (κ2) is 4.13. The van der Waals surface area contributed by atoms with Crippen molar-refractivity contribution in [3.8, 4) is 0 Å². The van der Waals surface area contributed by atoms with E-state index in [1.165, 1.54) is 0 Å². The van der Waals surface area contributed by atoms with E-state index in [0.29, 0.717) is 19.6 Å². The lowest BCUT2D eigenvalue weighted by atomic mass is 9.95. The average Bonchev–Trinajstić information content (AvgIpc) is 2.59. The molecule has 0 aromatic carbocycles. The van der Waals surface area contributed by atoms with Gasteiger partial charge in [-0.1, -0.05) is 6.92 Å². The normalized spacial score (nSPS) is 25.9. The lowest BCUT2D eigenvalue weighted by molar-refractivity contribution is -0.101. The Balaban J connectivity index is 1.96. The van der Waals surface area contributed by atoms with Crippen molar-refractivity contribution in [1.82, 2.24) is 14.5 Å². The molecule has 1 aliphatic heterocycles. The minimum Gasteiger partial charge on any atom is -0.337 e. The molecule has 2 rings (SSSR count). The van der Waals surface area contributed by atoms with Gasteiger partial charge in [-0.05, 0) is 0 Å². The maximum Gasteiger partial charge on any atom is 0.253 e. The third-order valence-electron chi connectivity index (χ3n) is 3.32. The van der Waals surface area contributed by atoms with Gasteiger partial charge in [-0.15, -0.1) is 0 Å². The van der Waals surface area contributed by atoms with Crippen molar-refractivity contribution >= 4 is 0 Å². The summed E-state index contributed by atoms with van der Waals surface area (Å²) in [5, 5.41) is 0. The maximum atomic E-state index is 13.3. The van der Waals surface area contributed by atoms with Crippen LogP contribution in [-0.2, 0) is 13.6 Å². The smallest absolute Gasteiger partial charge is 0.253 e. The van der Waals surface area contributed by atoms with Crippen LogP contribution >= 0.6 is 0 Å². The van der Waals surface area contributed by atoms with E-state index in [4.69, 9.17) is 0 Å². The van der Waals surface area contributed by atoms with Crippen LogP contribution in [0, 0.1) is 5.92 Å². The molecule has 1 fully saturated rings. The number of hydrogen-bond donors (Lipinski definition) is 0. The first-order valence-corrected chi connectivity index (χ1v) is 5.54. The third kappa shape index (κ3) is 2.24. The topological polar surface area (TPSA) is 21.1 Å². The first-order valence-electron chi connectivity index (χ1n) is 5.54. The summed E-state index contributed by atoms with van der Waals surface area (Å²) in [6.07, 6.45) is 3.49. The van der Waals surface area contributed by atoms with Crippen LogP contribution in [0.4, 0.5) is 8.78 Å². The van der Waals surface area contributed by atoms with Crippen molar-refractivity contribution < 1.29 is 8.78 Å². The van der Waals surface area contributed by atoms with E-state index in [9.17, 15) is 8.78 Å². The Morgan fingerprint density at radius 1 is 1.56 bits per heavy atom. The number of imidazole rings is 1. The third-order valence-corrected chi connectivity index (χ3v) is 3.32. The van der Waals surface area contributed by atoms with Gasteiger partial charge >= 0.3 is 0 Å². The van der Waals surface area contributed by atoms with Gasteiger partial charge in [-0.2, -0.15) is 0 Å². The van der Waals surface area contributed by atoms with E-state index in [0.717, 1.165) is 5.69 Å². The number of halogens is 2. The maximum absolute atomic E-state index is 13.3. The molecule has 0 amide bonds. The molecular formula is C11H17F2N3. The fourth-order valence-corrected chi connectivity index (χ4v) is 2.08. The molecule has 1 aliphatic rings. The zero-order valence-corrected chi connectivity index (χ0v) is 9.66. The quantitative estimate of drug-likeness (QED) is 0.772. The molecule has 0 N–H and O–H groups in total. The summed E-state index contributed by atoms with van der Waals surface area (Å²) in [5.74, 6) is -3.06. The minimum absolute atomic E-state index is 0.0357. The Bertz CT molecular complexity index is 362. The van der Waals surface area contributed by atoms with Crippen molar-refractivity contribution in [2.24, 2.45) is 13.0 Å². The monoisotopic (exact) mass is 229 g/mol. The van der Waals surface area contributed by atoms with Crippen LogP contribution in [0.1, 0.15) is 19.0 Å². The number of hydrogen-bond acceptors (Lipinski definition) is 2. The molecule has 0 saturated carbocycles. The molecule has 0 unspecified atom stereocenters. The van der Waals surface area contributed by atoms with E-state index in [2.05, 4.69) is 9.88 Å². The van der Waals surface area contributed by atoms with Crippen LogP contribution in [0.15, 0.2) is 12.5 Å². The Hall–Kier alpha value is -0.970. The molecule has 5 heteroatoms. The Morgan fingerprint density at radius 2 is 2.31 bits per heavy atom. The van der Waals surface area contributed by atoms with Gasteiger partial charge in [0.2, 0.25) is 0 Å². The van der Waals surface area contributed by atoms with Gasteiger partial charge in [0.1, 0.15) is 0 Å². The highest BCUT2D eigenvalue weighted by molar-refractivity contribution is 4.98. The highest BCUT2D eigenvalue weighted by atomic mass is 19.3. The first-order chi connectivity index (χ1) is 7.49. The Morgan fingerprint density at radius 3 is 2.88 bits per heavy atom. The summed E-state index contributed by atoms with van der Waals surface area (Å²) in [6, 6.07) is 0. The van der Waals surface area contributed by atoms with Crippen LogP contribution in [0.3, 0.4) is 0 Å². The fraction of sp³-hybridized carbons (Fsp3) is 0.727. The highest BCUT2D eigenvalue weighted by Gasteiger charge is 2.40. The standard InChI is InChI=1S/C11H17F2N3/c1-9-6-16(4-3-11(9,12)13)7-10-5-14-8-15(10)2/h5,8-9H,3-4,6-7H2,1-2H3/t9-/m1/s1. The van der Waals surface area contributed by atoms with Gasteiger partial charge < -0.3 is 4.57 Å². The van der Waals surface area contributed by atoms with Crippen LogP contribution in [0.2, 0.25) is 0 Å². The number of nitrogens with zero attached hydrogens (tertiary/aromatic N) is 3. The number of aromatic nitrogens is 2. The minimum atomic E-state index is -2.50. The van der Waals surface area contributed by atoms with Crippen molar-refractivity contribution in [3.05, 3.63) is 18.2 Å². The average molecular weight is 229 g/mol.